The van der Waals surface area contributed by atoms with Crippen molar-refractivity contribution in [3.63, 3.8) is 0 Å². The molecule has 0 heterocycles. The molecule has 2 fully saturated rings. The van der Waals surface area contributed by atoms with E-state index in [4.69, 9.17) is 10.5 Å². The lowest BCUT2D eigenvalue weighted by Crippen LogP contribution is -2.76. The molecule has 0 aromatic rings. The zero-order valence-electron chi connectivity index (χ0n) is 14.5. The molecule has 2 rings (SSSR count). The van der Waals surface area contributed by atoms with Crippen molar-refractivity contribution in [2.24, 2.45) is 11.1 Å². The van der Waals surface area contributed by atoms with Crippen molar-refractivity contribution in [3.05, 3.63) is 0 Å². The van der Waals surface area contributed by atoms with Crippen LogP contribution in [0.2, 0.25) is 0 Å². The van der Waals surface area contributed by atoms with E-state index in [2.05, 4.69) is 12.2 Å². The Morgan fingerprint density at radius 1 is 1.36 bits per heavy atom. The summed E-state index contributed by atoms with van der Waals surface area (Å²) in [7, 11) is 0. The van der Waals surface area contributed by atoms with Crippen molar-refractivity contribution < 1.29 is 9.53 Å². The summed E-state index contributed by atoms with van der Waals surface area (Å²) in [5.74, 6) is 1.16. The second-order valence-electron chi connectivity index (χ2n) is 7.26. The average Bonchev–Trinajstić information content (AvgIpc) is 2.47. The first-order chi connectivity index (χ1) is 10.3. The molecule has 4 nitrogen and oxygen atoms in total. The number of carbonyl (C=O) groups is 1. The van der Waals surface area contributed by atoms with Crippen molar-refractivity contribution in [2.75, 3.05) is 12.4 Å². The third-order valence-electron chi connectivity index (χ3n) is 5.60. The van der Waals surface area contributed by atoms with Crippen LogP contribution in [0.4, 0.5) is 0 Å². The van der Waals surface area contributed by atoms with E-state index >= 15 is 0 Å². The van der Waals surface area contributed by atoms with Crippen LogP contribution in [0, 0.1) is 5.41 Å². The maximum atomic E-state index is 12.7. The SMILES string of the molecule is CCOC1CC(N)(C(=O)NC2CCCC(SCC)C2)C1(C)C. The molecule has 0 radical (unpaired) electrons. The fourth-order valence-electron chi connectivity index (χ4n) is 3.80. The Balaban J connectivity index is 1.92. The number of rotatable bonds is 6. The van der Waals surface area contributed by atoms with E-state index in [-0.39, 0.29) is 23.5 Å². The number of hydrogen-bond acceptors (Lipinski definition) is 4. The van der Waals surface area contributed by atoms with Gasteiger partial charge in [0.05, 0.1) is 6.10 Å². The van der Waals surface area contributed by atoms with E-state index in [1.165, 1.54) is 12.8 Å². The predicted molar refractivity (Wildman–Crippen MR) is 93.0 cm³/mol. The van der Waals surface area contributed by atoms with Crippen molar-refractivity contribution in [2.45, 2.75) is 82.7 Å². The first kappa shape index (κ1) is 18.1. The molecule has 0 spiro atoms. The molecule has 2 aliphatic rings. The maximum Gasteiger partial charge on any atom is 0.241 e. The van der Waals surface area contributed by atoms with Crippen LogP contribution in [0.25, 0.3) is 0 Å². The van der Waals surface area contributed by atoms with E-state index in [1.807, 2.05) is 32.5 Å². The van der Waals surface area contributed by atoms with Gasteiger partial charge in [-0.25, -0.2) is 0 Å². The van der Waals surface area contributed by atoms with Crippen LogP contribution in [0.5, 0.6) is 0 Å². The summed E-state index contributed by atoms with van der Waals surface area (Å²) in [5, 5.41) is 3.92. The number of ether oxygens (including phenoxy) is 1. The van der Waals surface area contributed by atoms with Gasteiger partial charge < -0.3 is 15.8 Å². The van der Waals surface area contributed by atoms with E-state index in [0.29, 0.717) is 18.3 Å². The standard InChI is InChI=1S/C17H32N2O2S/c1-5-21-14-11-17(18,16(14,3)4)15(20)19-12-8-7-9-13(10-12)22-6-2/h12-14H,5-11,18H2,1-4H3,(H,19,20). The molecule has 0 aromatic heterocycles. The zero-order valence-corrected chi connectivity index (χ0v) is 15.3. The van der Waals surface area contributed by atoms with Gasteiger partial charge in [-0.15, -0.1) is 0 Å². The molecule has 4 unspecified atom stereocenters. The molecule has 0 aromatic carbocycles. The minimum absolute atomic E-state index is 0.0144. The summed E-state index contributed by atoms with van der Waals surface area (Å²) in [5.41, 5.74) is 5.36. The number of amides is 1. The van der Waals surface area contributed by atoms with E-state index in [0.717, 1.165) is 18.6 Å². The molecule has 2 saturated carbocycles. The molecule has 0 aliphatic heterocycles. The summed E-state index contributed by atoms with van der Waals surface area (Å²) in [4.78, 5) is 12.7. The van der Waals surface area contributed by atoms with Crippen LogP contribution < -0.4 is 11.1 Å². The molecule has 0 saturated heterocycles. The summed E-state index contributed by atoms with van der Waals surface area (Å²) in [6, 6.07) is 0.285. The number of hydrogen-bond donors (Lipinski definition) is 2. The smallest absolute Gasteiger partial charge is 0.241 e. The highest BCUT2D eigenvalue weighted by atomic mass is 32.2. The third-order valence-corrected chi connectivity index (χ3v) is 6.83. The molecule has 4 atom stereocenters. The summed E-state index contributed by atoms with van der Waals surface area (Å²) in [6.45, 7) is 8.96. The Kier molecular flexibility index (Phi) is 5.84. The maximum absolute atomic E-state index is 12.7. The van der Waals surface area contributed by atoms with Crippen LogP contribution in [-0.4, -0.2) is 41.2 Å². The predicted octanol–water partition coefficient (Wildman–Crippen LogP) is 2.70. The first-order valence-corrected chi connectivity index (χ1v) is 9.73. The minimum Gasteiger partial charge on any atom is -0.378 e. The highest BCUT2D eigenvalue weighted by Gasteiger charge is 2.63. The van der Waals surface area contributed by atoms with Crippen LogP contribution in [-0.2, 0) is 9.53 Å². The fourth-order valence-corrected chi connectivity index (χ4v) is 4.97. The van der Waals surface area contributed by atoms with Gasteiger partial charge in [0.2, 0.25) is 5.91 Å². The highest BCUT2D eigenvalue weighted by Crippen LogP contribution is 2.50. The van der Waals surface area contributed by atoms with E-state index in [1.54, 1.807) is 0 Å². The third kappa shape index (κ3) is 3.31. The molecule has 2 aliphatic carbocycles. The van der Waals surface area contributed by atoms with Crippen molar-refractivity contribution >= 4 is 17.7 Å². The van der Waals surface area contributed by atoms with Gasteiger partial charge in [-0.05, 0) is 31.9 Å². The normalized spacial score (nSPS) is 37.4. The minimum atomic E-state index is -0.794. The Bertz CT molecular complexity index is 400. The lowest BCUT2D eigenvalue weighted by molar-refractivity contribution is -0.171. The van der Waals surface area contributed by atoms with Crippen molar-refractivity contribution in [3.8, 4) is 0 Å². The molecule has 5 heteroatoms. The van der Waals surface area contributed by atoms with Gasteiger partial charge in [-0.2, -0.15) is 11.8 Å². The molecule has 128 valence electrons. The summed E-state index contributed by atoms with van der Waals surface area (Å²) in [6.07, 6.45) is 5.34. The summed E-state index contributed by atoms with van der Waals surface area (Å²) < 4.78 is 5.71. The van der Waals surface area contributed by atoms with Gasteiger partial charge >= 0.3 is 0 Å². The van der Waals surface area contributed by atoms with Gasteiger partial charge in [0, 0.05) is 29.7 Å². The molecule has 22 heavy (non-hydrogen) atoms. The molecule has 1 amide bonds. The first-order valence-electron chi connectivity index (χ1n) is 8.68. The lowest BCUT2D eigenvalue weighted by atomic mass is 9.54. The quantitative estimate of drug-likeness (QED) is 0.787. The van der Waals surface area contributed by atoms with Crippen molar-refractivity contribution in [1.29, 1.82) is 0 Å². The Labute approximate surface area is 139 Å². The average molecular weight is 329 g/mol. The highest BCUT2D eigenvalue weighted by molar-refractivity contribution is 7.99. The zero-order chi connectivity index (χ0) is 16.4. The second kappa shape index (κ2) is 7.10. The molecular weight excluding hydrogens is 296 g/mol. The second-order valence-corrected chi connectivity index (χ2v) is 8.83. The van der Waals surface area contributed by atoms with Crippen LogP contribution in [0.15, 0.2) is 0 Å². The van der Waals surface area contributed by atoms with Crippen LogP contribution in [0.3, 0.4) is 0 Å². The van der Waals surface area contributed by atoms with Gasteiger partial charge in [0.25, 0.3) is 0 Å². The van der Waals surface area contributed by atoms with Crippen LogP contribution in [0.1, 0.15) is 59.8 Å². The molecular formula is C17H32N2O2S. The van der Waals surface area contributed by atoms with Crippen molar-refractivity contribution in [1.82, 2.24) is 5.32 Å². The van der Waals surface area contributed by atoms with E-state index in [9.17, 15) is 4.79 Å². The molecule has 0 bridgehead atoms. The number of nitrogens with two attached hydrogens (primary N) is 1. The Hall–Kier alpha value is -0.260. The Morgan fingerprint density at radius 3 is 2.68 bits per heavy atom. The number of thioether (sulfide) groups is 1. The van der Waals surface area contributed by atoms with Gasteiger partial charge in [-0.3, -0.25) is 4.79 Å². The molecule has 3 N–H and O–H groups in total. The van der Waals surface area contributed by atoms with Gasteiger partial charge in [0.1, 0.15) is 5.54 Å². The summed E-state index contributed by atoms with van der Waals surface area (Å²) >= 11 is 2.01. The fraction of sp³-hybridized carbons (Fsp3) is 0.941. The van der Waals surface area contributed by atoms with E-state index < -0.39 is 5.54 Å². The number of nitrogens with one attached hydrogen (secondary N) is 1. The van der Waals surface area contributed by atoms with Crippen LogP contribution >= 0.6 is 11.8 Å². The van der Waals surface area contributed by atoms with Gasteiger partial charge in [-0.1, -0.05) is 27.2 Å². The Morgan fingerprint density at radius 2 is 2.09 bits per heavy atom. The van der Waals surface area contributed by atoms with Gasteiger partial charge in [0.15, 0.2) is 0 Å². The largest absolute Gasteiger partial charge is 0.378 e. The lowest BCUT2D eigenvalue weighted by Gasteiger charge is -2.57. The topological polar surface area (TPSA) is 64.3 Å². The number of carbonyl (C=O) groups excluding carboxylic acids is 1. The monoisotopic (exact) mass is 328 g/mol.